The lowest BCUT2D eigenvalue weighted by atomic mass is 9.88. The number of rotatable bonds is 4. The van der Waals surface area contributed by atoms with Crippen molar-refractivity contribution < 1.29 is 9.21 Å². The summed E-state index contributed by atoms with van der Waals surface area (Å²) < 4.78 is 5.89. The first-order chi connectivity index (χ1) is 8.19. The van der Waals surface area contributed by atoms with E-state index in [1.54, 1.807) is 12.1 Å². The van der Waals surface area contributed by atoms with Gasteiger partial charge in [0.05, 0.1) is 0 Å². The lowest BCUT2D eigenvalue weighted by molar-refractivity contribution is 0.0928. The number of furan rings is 1. The minimum Gasteiger partial charge on any atom is -0.446 e. The van der Waals surface area contributed by atoms with Gasteiger partial charge in [-0.3, -0.25) is 4.79 Å². The molecular weight excluding hydrogens is 282 g/mol. The molecule has 94 valence electrons. The largest absolute Gasteiger partial charge is 0.446 e. The lowest BCUT2D eigenvalue weighted by Crippen LogP contribution is -2.39. The molecule has 1 aliphatic rings. The summed E-state index contributed by atoms with van der Waals surface area (Å²) in [6, 6.07) is 3.80. The maximum absolute atomic E-state index is 12.0. The summed E-state index contributed by atoms with van der Waals surface area (Å²) in [5.41, 5.74) is 0. The van der Waals surface area contributed by atoms with Crippen molar-refractivity contribution in [3.63, 3.8) is 0 Å². The van der Waals surface area contributed by atoms with Gasteiger partial charge < -0.3 is 9.73 Å². The Hall–Kier alpha value is -0.610. The van der Waals surface area contributed by atoms with Crippen LogP contribution in [0, 0.1) is 5.92 Å². The Morgan fingerprint density at radius 3 is 3.06 bits per heavy atom. The smallest absolute Gasteiger partial charge is 0.199 e. The van der Waals surface area contributed by atoms with E-state index in [1.165, 1.54) is 12.8 Å². The predicted molar refractivity (Wildman–Crippen MR) is 70.2 cm³/mol. The van der Waals surface area contributed by atoms with Crippen molar-refractivity contribution in [3.05, 3.63) is 22.6 Å². The van der Waals surface area contributed by atoms with E-state index >= 15 is 0 Å². The molecule has 0 bridgehead atoms. The highest BCUT2D eigenvalue weighted by atomic mass is 79.9. The van der Waals surface area contributed by atoms with E-state index in [4.69, 9.17) is 4.42 Å². The lowest BCUT2D eigenvalue weighted by Gasteiger charge is -2.29. The first kappa shape index (κ1) is 12.8. The summed E-state index contributed by atoms with van der Waals surface area (Å²) in [7, 11) is 0. The van der Waals surface area contributed by atoms with Gasteiger partial charge in [-0.1, -0.05) is 13.3 Å². The van der Waals surface area contributed by atoms with E-state index in [2.05, 4.69) is 28.2 Å². The normalized spacial score (nSPS) is 24.8. The third-order valence-corrected chi connectivity index (χ3v) is 3.89. The number of carbonyl (C=O) groups is 1. The summed E-state index contributed by atoms with van der Waals surface area (Å²) in [4.78, 5) is 12.0. The van der Waals surface area contributed by atoms with Crippen molar-refractivity contribution >= 4 is 21.7 Å². The summed E-state index contributed by atoms with van der Waals surface area (Å²) in [6.07, 6.45) is 4.08. The minimum absolute atomic E-state index is 0.0879. The second kappa shape index (κ2) is 5.83. The third kappa shape index (κ3) is 3.42. The molecule has 2 atom stereocenters. The molecule has 1 N–H and O–H groups in total. The number of carbonyl (C=O) groups excluding carboxylic acids is 1. The monoisotopic (exact) mass is 299 g/mol. The highest BCUT2D eigenvalue weighted by molar-refractivity contribution is 9.10. The van der Waals surface area contributed by atoms with Crippen LogP contribution in [-0.4, -0.2) is 18.4 Å². The number of nitrogens with one attached hydrogen (secondary N) is 1. The molecule has 1 aliphatic heterocycles. The number of ketones is 1. The number of piperidine rings is 1. The Kier molecular flexibility index (Phi) is 4.40. The van der Waals surface area contributed by atoms with Gasteiger partial charge in [-0.2, -0.15) is 0 Å². The molecule has 1 aromatic heterocycles. The Morgan fingerprint density at radius 1 is 1.59 bits per heavy atom. The zero-order chi connectivity index (χ0) is 12.3. The summed E-state index contributed by atoms with van der Waals surface area (Å²) >= 11 is 3.21. The summed E-state index contributed by atoms with van der Waals surface area (Å²) in [5, 5.41) is 3.42. The molecule has 0 spiro atoms. The molecule has 2 unspecified atom stereocenters. The van der Waals surface area contributed by atoms with Gasteiger partial charge in [-0.25, -0.2) is 0 Å². The van der Waals surface area contributed by atoms with Crippen LogP contribution in [0.5, 0.6) is 0 Å². The van der Waals surface area contributed by atoms with Gasteiger partial charge in [0.2, 0.25) is 0 Å². The van der Waals surface area contributed by atoms with Crippen LogP contribution in [0.2, 0.25) is 0 Å². The van der Waals surface area contributed by atoms with Crippen molar-refractivity contribution in [2.45, 2.75) is 38.6 Å². The van der Waals surface area contributed by atoms with Crippen LogP contribution in [0.15, 0.2) is 21.2 Å². The molecule has 0 saturated carbocycles. The van der Waals surface area contributed by atoms with E-state index in [0.29, 0.717) is 22.9 Å². The number of hydrogen-bond donors (Lipinski definition) is 1. The molecule has 2 rings (SSSR count). The summed E-state index contributed by atoms with van der Waals surface area (Å²) in [6.45, 7) is 3.25. The van der Waals surface area contributed by atoms with E-state index in [0.717, 1.165) is 18.9 Å². The molecule has 17 heavy (non-hydrogen) atoms. The van der Waals surface area contributed by atoms with Gasteiger partial charge in [-0.15, -0.1) is 0 Å². The number of hydrogen-bond acceptors (Lipinski definition) is 3. The number of halogens is 1. The second-order valence-corrected chi connectivity index (χ2v) is 5.46. The Balaban J connectivity index is 1.90. The second-order valence-electron chi connectivity index (χ2n) is 4.68. The molecule has 3 nitrogen and oxygen atoms in total. The van der Waals surface area contributed by atoms with Crippen LogP contribution in [0.3, 0.4) is 0 Å². The van der Waals surface area contributed by atoms with Gasteiger partial charge in [0, 0.05) is 12.5 Å². The zero-order valence-electron chi connectivity index (χ0n) is 10.0. The van der Waals surface area contributed by atoms with Gasteiger partial charge in [0.1, 0.15) is 0 Å². The molecule has 0 radical (unpaired) electrons. The van der Waals surface area contributed by atoms with Crippen molar-refractivity contribution in [3.8, 4) is 0 Å². The standard InChI is InChI=1S/C13H18BrNO2/c1-2-9-5-6-15-10(7-9)8-11(16)12-3-4-13(14)17-12/h3-4,9-10,15H,2,5-8H2,1H3. The van der Waals surface area contributed by atoms with Crippen molar-refractivity contribution in [2.75, 3.05) is 6.54 Å². The van der Waals surface area contributed by atoms with Crippen molar-refractivity contribution in [1.82, 2.24) is 5.32 Å². The van der Waals surface area contributed by atoms with Crippen LogP contribution in [0.25, 0.3) is 0 Å². The topological polar surface area (TPSA) is 42.2 Å². The Morgan fingerprint density at radius 2 is 2.41 bits per heavy atom. The van der Waals surface area contributed by atoms with Gasteiger partial charge in [0.15, 0.2) is 16.2 Å². The fourth-order valence-corrected chi connectivity index (χ4v) is 2.72. The maximum atomic E-state index is 12.0. The van der Waals surface area contributed by atoms with Crippen molar-refractivity contribution in [2.24, 2.45) is 5.92 Å². The highest BCUT2D eigenvalue weighted by Crippen LogP contribution is 2.23. The average Bonchev–Trinajstić information content (AvgIpc) is 2.76. The molecule has 1 aromatic rings. The predicted octanol–water partition coefficient (Wildman–Crippen LogP) is 3.39. The third-order valence-electron chi connectivity index (χ3n) is 3.46. The highest BCUT2D eigenvalue weighted by Gasteiger charge is 2.23. The Labute approximate surface area is 110 Å². The van der Waals surface area contributed by atoms with Crippen LogP contribution >= 0.6 is 15.9 Å². The molecule has 0 amide bonds. The fourth-order valence-electron chi connectivity index (χ4n) is 2.41. The van der Waals surface area contributed by atoms with Gasteiger partial charge in [-0.05, 0) is 53.4 Å². The van der Waals surface area contributed by atoms with Crippen LogP contribution in [0.1, 0.15) is 43.2 Å². The first-order valence-corrected chi connectivity index (χ1v) is 7.00. The fraction of sp³-hybridized carbons (Fsp3) is 0.615. The van der Waals surface area contributed by atoms with Crippen LogP contribution in [-0.2, 0) is 0 Å². The van der Waals surface area contributed by atoms with Crippen LogP contribution < -0.4 is 5.32 Å². The zero-order valence-corrected chi connectivity index (χ0v) is 11.6. The molecule has 0 aliphatic carbocycles. The molecule has 1 saturated heterocycles. The van der Waals surface area contributed by atoms with Gasteiger partial charge in [0.25, 0.3) is 0 Å². The summed E-state index contributed by atoms with van der Waals surface area (Å²) in [5.74, 6) is 1.31. The van der Waals surface area contributed by atoms with E-state index < -0.39 is 0 Å². The molecule has 2 heterocycles. The first-order valence-electron chi connectivity index (χ1n) is 6.21. The molecule has 4 heteroatoms. The van der Waals surface area contributed by atoms with E-state index in [-0.39, 0.29) is 5.78 Å². The maximum Gasteiger partial charge on any atom is 0.199 e. The minimum atomic E-state index is 0.0879. The van der Waals surface area contributed by atoms with E-state index in [9.17, 15) is 4.79 Å². The van der Waals surface area contributed by atoms with Crippen molar-refractivity contribution in [1.29, 1.82) is 0 Å². The molecule has 1 fully saturated rings. The molecular formula is C13H18BrNO2. The van der Waals surface area contributed by atoms with Gasteiger partial charge >= 0.3 is 0 Å². The number of Topliss-reactive ketones (excluding diaryl/α,β-unsaturated/α-hetero) is 1. The average molecular weight is 300 g/mol. The SMILES string of the molecule is CCC1CCNC(CC(=O)c2ccc(Br)o2)C1. The van der Waals surface area contributed by atoms with Crippen LogP contribution in [0.4, 0.5) is 0 Å². The quantitative estimate of drug-likeness (QED) is 0.867. The Bertz CT molecular complexity index is 389. The van der Waals surface area contributed by atoms with E-state index in [1.807, 2.05) is 0 Å². The molecule has 0 aromatic carbocycles.